The Morgan fingerprint density at radius 3 is 2.64 bits per heavy atom. The zero-order valence-corrected chi connectivity index (χ0v) is 10.3. The molecule has 0 amide bonds. The first-order chi connectivity index (χ1) is 6.61. The van der Waals surface area contributed by atoms with Gasteiger partial charge >= 0.3 is 0 Å². The first-order valence-corrected chi connectivity index (χ1v) is 6.20. The SMILES string of the molecule is CCc1csc(NC(C)CC(C)C)n1. The van der Waals surface area contributed by atoms with Crippen molar-refractivity contribution in [3.8, 4) is 0 Å². The Hall–Kier alpha value is -0.570. The fraction of sp³-hybridized carbons (Fsp3) is 0.727. The van der Waals surface area contributed by atoms with E-state index in [-0.39, 0.29) is 0 Å². The van der Waals surface area contributed by atoms with Crippen molar-refractivity contribution in [1.82, 2.24) is 4.98 Å². The van der Waals surface area contributed by atoms with E-state index >= 15 is 0 Å². The Balaban J connectivity index is 2.43. The molecule has 0 saturated carbocycles. The quantitative estimate of drug-likeness (QED) is 0.807. The lowest BCUT2D eigenvalue weighted by Crippen LogP contribution is -2.17. The van der Waals surface area contributed by atoms with E-state index in [1.807, 2.05) is 0 Å². The first kappa shape index (κ1) is 11.5. The molecular weight excluding hydrogens is 192 g/mol. The number of nitrogens with one attached hydrogen (secondary N) is 1. The van der Waals surface area contributed by atoms with Crippen LogP contribution in [0.4, 0.5) is 5.13 Å². The highest BCUT2D eigenvalue weighted by Gasteiger charge is 2.06. The van der Waals surface area contributed by atoms with Crippen LogP contribution in [-0.4, -0.2) is 11.0 Å². The van der Waals surface area contributed by atoms with E-state index < -0.39 is 0 Å². The summed E-state index contributed by atoms with van der Waals surface area (Å²) in [7, 11) is 0. The summed E-state index contributed by atoms with van der Waals surface area (Å²) in [5, 5.41) is 6.63. The number of anilines is 1. The largest absolute Gasteiger partial charge is 0.359 e. The Kier molecular flexibility index (Phi) is 4.39. The molecule has 1 heterocycles. The topological polar surface area (TPSA) is 24.9 Å². The molecule has 0 aliphatic carbocycles. The molecule has 1 N–H and O–H groups in total. The van der Waals surface area contributed by atoms with Gasteiger partial charge in [-0.25, -0.2) is 4.98 Å². The fourth-order valence-corrected chi connectivity index (χ4v) is 2.42. The minimum atomic E-state index is 0.519. The summed E-state index contributed by atoms with van der Waals surface area (Å²) in [5.74, 6) is 0.739. The van der Waals surface area contributed by atoms with Crippen LogP contribution in [0.2, 0.25) is 0 Å². The summed E-state index contributed by atoms with van der Waals surface area (Å²) >= 11 is 1.71. The molecule has 1 aromatic rings. The first-order valence-electron chi connectivity index (χ1n) is 5.32. The van der Waals surface area contributed by atoms with Gasteiger partial charge in [0.25, 0.3) is 0 Å². The van der Waals surface area contributed by atoms with Crippen LogP contribution in [-0.2, 0) is 6.42 Å². The number of thiazole rings is 1. The van der Waals surface area contributed by atoms with Crippen molar-refractivity contribution >= 4 is 16.5 Å². The molecule has 0 fully saturated rings. The maximum absolute atomic E-state index is 4.48. The Morgan fingerprint density at radius 1 is 1.43 bits per heavy atom. The summed E-state index contributed by atoms with van der Waals surface area (Å²) in [6.07, 6.45) is 2.22. The van der Waals surface area contributed by atoms with Crippen LogP contribution >= 0.6 is 11.3 Å². The summed E-state index contributed by atoms with van der Waals surface area (Å²) in [4.78, 5) is 4.48. The molecule has 0 aliphatic rings. The molecule has 14 heavy (non-hydrogen) atoms. The van der Waals surface area contributed by atoms with Gasteiger partial charge in [-0.3, -0.25) is 0 Å². The second kappa shape index (κ2) is 5.35. The highest BCUT2D eigenvalue weighted by Crippen LogP contribution is 2.18. The summed E-state index contributed by atoms with van der Waals surface area (Å²) < 4.78 is 0. The van der Waals surface area contributed by atoms with E-state index in [0.717, 1.165) is 17.5 Å². The Bertz CT molecular complexity index is 268. The van der Waals surface area contributed by atoms with Crippen molar-refractivity contribution < 1.29 is 0 Å². The third-order valence-corrected chi connectivity index (χ3v) is 2.93. The highest BCUT2D eigenvalue weighted by atomic mass is 32.1. The number of hydrogen-bond donors (Lipinski definition) is 1. The lowest BCUT2D eigenvalue weighted by atomic mass is 10.1. The molecule has 1 unspecified atom stereocenters. The predicted octanol–water partition coefficient (Wildman–Crippen LogP) is 3.55. The minimum Gasteiger partial charge on any atom is -0.359 e. The summed E-state index contributed by atoms with van der Waals surface area (Å²) in [6, 6.07) is 0.519. The second-order valence-corrected chi connectivity index (χ2v) is 5.03. The van der Waals surface area contributed by atoms with Gasteiger partial charge in [-0.05, 0) is 25.7 Å². The maximum Gasteiger partial charge on any atom is 0.183 e. The molecule has 1 aromatic heterocycles. The number of hydrogen-bond acceptors (Lipinski definition) is 3. The maximum atomic E-state index is 4.48. The summed E-state index contributed by atoms with van der Waals surface area (Å²) in [5.41, 5.74) is 1.19. The van der Waals surface area contributed by atoms with Crippen molar-refractivity contribution in [3.05, 3.63) is 11.1 Å². The van der Waals surface area contributed by atoms with E-state index in [1.165, 1.54) is 12.1 Å². The lowest BCUT2D eigenvalue weighted by Gasteiger charge is -2.14. The van der Waals surface area contributed by atoms with Crippen molar-refractivity contribution in [2.75, 3.05) is 5.32 Å². The van der Waals surface area contributed by atoms with E-state index in [9.17, 15) is 0 Å². The molecule has 0 saturated heterocycles. The van der Waals surface area contributed by atoms with Gasteiger partial charge in [-0.1, -0.05) is 20.8 Å². The average molecular weight is 212 g/mol. The molecular formula is C11H20N2S. The molecule has 80 valence electrons. The van der Waals surface area contributed by atoms with E-state index in [1.54, 1.807) is 11.3 Å². The van der Waals surface area contributed by atoms with Crippen LogP contribution in [0.5, 0.6) is 0 Å². The van der Waals surface area contributed by atoms with Crippen molar-refractivity contribution in [2.45, 2.75) is 46.6 Å². The molecule has 0 aliphatic heterocycles. The van der Waals surface area contributed by atoms with Crippen LogP contribution in [0.3, 0.4) is 0 Å². The molecule has 0 radical (unpaired) electrons. The normalized spacial score (nSPS) is 13.2. The van der Waals surface area contributed by atoms with Crippen LogP contribution < -0.4 is 5.32 Å². The lowest BCUT2D eigenvalue weighted by molar-refractivity contribution is 0.539. The van der Waals surface area contributed by atoms with Crippen LogP contribution in [0.25, 0.3) is 0 Å². The van der Waals surface area contributed by atoms with Crippen LogP contribution in [0.15, 0.2) is 5.38 Å². The molecule has 1 rings (SSSR count). The molecule has 0 spiro atoms. The average Bonchev–Trinajstić information content (AvgIpc) is 2.50. The zero-order chi connectivity index (χ0) is 10.6. The Morgan fingerprint density at radius 2 is 2.14 bits per heavy atom. The third kappa shape index (κ3) is 3.66. The number of aryl methyl sites for hydroxylation is 1. The van der Waals surface area contributed by atoms with Gasteiger partial charge in [0.2, 0.25) is 0 Å². The van der Waals surface area contributed by atoms with Crippen molar-refractivity contribution in [3.63, 3.8) is 0 Å². The molecule has 0 aromatic carbocycles. The highest BCUT2D eigenvalue weighted by molar-refractivity contribution is 7.13. The van der Waals surface area contributed by atoms with Gasteiger partial charge < -0.3 is 5.32 Å². The van der Waals surface area contributed by atoms with Gasteiger partial charge in [-0.2, -0.15) is 0 Å². The third-order valence-electron chi connectivity index (χ3n) is 2.11. The predicted molar refractivity (Wildman–Crippen MR) is 64.0 cm³/mol. The standard InChI is InChI=1S/C11H20N2S/c1-5-10-7-14-11(13-10)12-9(4)6-8(2)3/h7-9H,5-6H2,1-4H3,(H,12,13). The monoisotopic (exact) mass is 212 g/mol. The Labute approximate surface area is 90.8 Å². The fourth-order valence-electron chi connectivity index (χ4n) is 1.51. The molecule has 3 heteroatoms. The number of rotatable bonds is 5. The number of aromatic nitrogens is 1. The van der Waals surface area contributed by atoms with Crippen molar-refractivity contribution in [1.29, 1.82) is 0 Å². The zero-order valence-electron chi connectivity index (χ0n) is 9.50. The van der Waals surface area contributed by atoms with Crippen LogP contribution in [0.1, 0.15) is 39.8 Å². The molecule has 0 bridgehead atoms. The van der Waals surface area contributed by atoms with Crippen LogP contribution in [0, 0.1) is 5.92 Å². The smallest absolute Gasteiger partial charge is 0.183 e. The van der Waals surface area contributed by atoms with E-state index in [4.69, 9.17) is 0 Å². The van der Waals surface area contributed by atoms with Gasteiger partial charge in [0.1, 0.15) is 0 Å². The minimum absolute atomic E-state index is 0.519. The van der Waals surface area contributed by atoms with Gasteiger partial charge in [0.15, 0.2) is 5.13 Å². The second-order valence-electron chi connectivity index (χ2n) is 4.17. The van der Waals surface area contributed by atoms with E-state index in [2.05, 4.69) is 43.4 Å². The molecule has 2 nitrogen and oxygen atoms in total. The number of nitrogens with zero attached hydrogens (tertiary/aromatic N) is 1. The summed E-state index contributed by atoms with van der Waals surface area (Å²) in [6.45, 7) is 8.85. The molecule has 1 atom stereocenters. The van der Waals surface area contributed by atoms with Gasteiger partial charge in [0, 0.05) is 11.4 Å². The van der Waals surface area contributed by atoms with E-state index in [0.29, 0.717) is 6.04 Å². The van der Waals surface area contributed by atoms with Gasteiger partial charge in [0.05, 0.1) is 5.69 Å². The van der Waals surface area contributed by atoms with Crippen molar-refractivity contribution in [2.24, 2.45) is 5.92 Å². The van der Waals surface area contributed by atoms with Gasteiger partial charge in [-0.15, -0.1) is 11.3 Å².